The molecule has 0 aliphatic heterocycles. The Kier molecular flexibility index (Phi) is 4.53. The van der Waals surface area contributed by atoms with Crippen LogP contribution in [0.3, 0.4) is 0 Å². The lowest BCUT2D eigenvalue weighted by Crippen LogP contribution is -2.36. The Morgan fingerprint density at radius 3 is 1.69 bits per heavy atom. The highest BCUT2D eigenvalue weighted by Gasteiger charge is 2.42. The summed E-state index contributed by atoms with van der Waals surface area (Å²) in [6.07, 6.45) is 5.14. The zero-order valence-corrected chi connectivity index (χ0v) is 16.2. The number of aromatic nitrogens is 2. The first-order chi connectivity index (χ1) is 14.3. The molecule has 3 heteroatoms. The second-order valence-corrected chi connectivity index (χ2v) is 7.80. The lowest BCUT2D eigenvalue weighted by Gasteiger charge is -2.37. The van der Waals surface area contributed by atoms with Gasteiger partial charge < -0.3 is 9.67 Å². The highest BCUT2D eigenvalue weighted by atomic mass is 16.3. The zero-order valence-electron chi connectivity index (χ0n) is 16.2. The lowest BCUT2D eigenvalue weighted by atomic mass is 9.77. The fourth-order valence-electron chi connectivity index (χ4n) is 4.51. The van der Waals surface area contributed by atoms with E-state index < -0.39 is 5.54 Å². The van der Waals surface area contributed by atoms with Crippen LogP contribution in [0.2, 0.25) is 0 Å². The molecule has 29 heavy (non-hydrogen) atoms. The molecule has 0 unspecified atom stereocenters. The van der Waals surface area contributed by atoms with Crippen molar-refractivity contribution in [3.63, 3.8) is 0 Å². The van der Waals surface area contributed by atoms with Gasteiger partial charge in [0.2, 0.25) is 0 Å². The van der Waals surface area contributed by atoms with Crippen LogP contribution in [-0.4, -0.2) is 21.3 Å². The topological polar surface area (TPSA) is 38.0 Å². The third kappa shape index (κ3) is 2.99. The summed E-state index contributed by atoms with van der Waals surface area (Å²) in [5, 5.41) is 9.50. The number of aliphatic hydroxyl groups is 1. The summed E-state index contributed by atoms with van der Waals surface area (Å²) in [5.74, 6) is 0.708. The van der Waals surface area contributed by atoms with Crippen molar-refractivity contribution in [2.45, 2.75) is 17.9 Å². The van der Waals surface area contributed by atoms with Gasteiger partial charge in [-0.25, -0.2) is 4.98 Å². The van der Waals surface area contributed by atoms with Crippen molar-refractivity contribution < 1.29 is 5.11 Å². The summed E-state index contributed by atoms with van der Waals surface area (Å²) in [4.78, 5) is 4.77. The molecule has 0 saturated heterocycles. The van der Waals surface area contributed by atoms with E-state index in [1.54, 1.807) is 0 Å². The molecule has 2 atom stereocenters. The van der Waals surface area contributed by atoms with Gasteiger partial charge in [-0.2, -0.15) is 0 Å². The lowest BCUT2D eigenvalue weighted by molar-refractivity contribution is 0.273. The molecule has 1 heterocycles. The van der Waals surface area contributed by atoms with E-state index >= 15 is 0 Å². The number of benzene rings is 3. The smallest absolute Gasteiger partial charge is 0.121 e. The third-order valence-corrected chi connectivity index (χ3v) is 6.10. The van der Waals surface area contributed by atoms with Crippen LogP contribution < -0.4 is 0 Å². The van der Waals surface area contributed by atoms with Crippen molar-refractivity contribution in [1.29, 1.82) is 0 Å². The maximum atomic E-state index is 9.50. The second-order valence-electron chi connectivity index (χ2n) is 7.80. The largest absolute Gasteiger partial charge is 0.396 e. The van der Waals surface area contributed by atoms with Crippen molar-refractivity contribution in [3.05, 3.63) is 126 Å². The molecule has 0 radical (unpaired) electrons. The monoisotopic (exact) mass is 380 g/mol. The molecule has 144 valence electrons. The number of imidazole rings is 1. The van der Waals surface area contributed by atoms with Gasteiger partial charge in [-0.05, 0) is 29.0 Å². The molecule has 3 aromatic carbocycles. The Morgan fingerprint density at radius 2 is 1.28 bits per heavy atom. The first-order valence-corrected chi connectivity index (χ1v) is 10.2. The van der Waals surface area contributed by atoms with Gasteiger partial charge >= 0.3 is 0 Å². The van der Waals surface area contributed by atoms with Gasteiger partial charge in [0.1, 0.15) is 5.54 Å². The van der Waals surface area contributed by atoms with E-state index in [9.17, 15) is 5.11 Å². The fourth-order valence-corrected chi connectivity index (χ4v) is 4.51. The minimum Gasteiger partial charge on any atom is -0.396 e. The predicted molar refractivity (Wildman–Crippen MR) is 115 cm³/mol. The zero-order chi connectivity index (χ0) is 19.7. The number of hydrogen-bond acceptors (Lipinski definition) is 2. The second kappa shape index (κ2) is 7.34. The van der Waals surface area contributed by atoms with Gasteiger partial charge in [-0.15, -0.1) is 0 Å². The SMILES string of the molecule is OC[C@H]1C[C@@H]1c1cn(C(c2ccccc2)(c2ccccc2)c2ccccc2)cn1. The van der Waals surface area contributed by atoms with Gasteiger partial charge in [0.25, 0.3) is 0 Å². The molecule has 1 N–H and O–H groups in total. The molecule has 0 amide bonds. The van der Waals surface area contributed by atoms with E-state index in [-0.39, 0.29) is 6.61 Å². The van der Waals surface area contributed by atoms with Crippen molar-refractivity contribution in [1.82, 2.24) is 9.55 Å². The number of rotatable bonds is 6. The van der Waals surface area contributed by atoms with E-state index in [0.717, 1.165) is 12.1 Å². The molecule has 1 aliphatic rings. The highest BCUT2D eigenvalue weighted by Crippen LogP contribution is 2.47. The number of aliphatic hydroxyl groups excluding tert-OH is 1. The quantitative estimate of drug-likeness (QED) is 0.487. The summed E-state index contributed by atoms with van der Waals surface area (Å²) in [5.41, 5.74) is 4.12. The first kappa shape index (κ1) is 17.9. The van der Waals surface area contributed by atoms with Crippen LogP contribution in [0, 0.1) is 5.92 Å². The number of hydrogen-bond donors (Lipinski definition) is 1. The van der Waals surface area contributed by atoms with Gasteiger partial charge in [-0.3, -0.25) is 0 Å². The van der Waals surface area contributed by atoms with E-state index in [2.05, 4.69) is 102 Å². The highest BCUT2D eigenvalue weighted by molar-refractivity contribution is 5.50. The average molecular weight is 380 g/mol. The van der Waals surface area contributed by atoms with E-state index in [0.29, 0.717) is 11.8 Å². The molecule has 0 spiro atoms. The molecular formula is C26H24N2O. The minimum absolute atomic E-state index is 0.235. The summed E-state index contributed by atoms with van der Waals surface area (Å²) in [6, 6.07) is 31.9. The van der Waals surface area contributed by atoms with Gasteiger partial charge in [-0.1, -0.05) is 91.0 Å². The van der Waals surface area contributed by atoms with Crippen molar-refractivity contribution in [3.8, 4) is 0 Å². The van der Waals surface area contributed by atoms with Crippen LogP contribution in [0.4, 0.5) is 0 Å². The van der Waals surface area contributed by atoms with Crippen molar-refractivity contribution in [2.24, 2.45) is 5.92 Å². The fraction of sp³-hybridized carbons (Fsp3) is 0.192. The standard InChI is InChI=1S/C26H24N2O/c29-18-20-16-24(20)25-17-28(19-27-25)26(21-10-4-1-5-11-21,22-12-6-2-7-13-22)23-14-8-3-9-15-23/h1-15,17,19-20,24,29H,16,18H2/t20-,24+/m1/s1. The van der Waals surface area contributed by atoms with Crippen LogP contribution >= 0.6 is 0 Å². The Labute approximate surface area is 171 Å². The minimum atomic E-state index is -0.515. The summed E-state index contributed by atoms with van der Waals surface area (Å²) in [7, 11) is 0. The molecule has 1 saturated carbocycles. The Bertz CT molecular complexity index is 977. The van der Waals surface area contributed by atoms with Crippen molar-refractivity contribution >= 4 is 0 Å². The van der Waals surface area contributed by atoms with E-state index in [4.69, 9.17) is 4.98 Å². The van der Waals surface area contributed by atoms with Gasteiger partial charge in [0.15, 0.2) is 0 Å². The molecule has 3 nitrogen and oxygen atoms in total. The van der Waals surface area contributed by atoms with Crippen LogP contribution in [0.25, 0.3) is 0 Å². The van der Waals surface area contributed by atoms with Gasteiger partial charge in [0.05, 0.1) is 12.0 Å². The molecule has 5 rings (SSSR count). The Hall–Kier alpha value is -3.17. The summed E-state index contributed by atoms with van der Waals surface area (Å²) < 4.78 is 2.25. The molecule has 1 aliphatic carbocycles. The van der Waals surface area contributed by atoms with E-state index in [1.165, 1.54) is 16.7 Å². The Morgan fingerprint density at radius 1 is 0.793 bits per heavy atom. The normalized spacial score (nSPS) is 18.5. The molecular weight excluding hydrogens is 356 g/mol. The number of nitrogens with zero attached hydrogens (tertiary/aromatic N) is 2. The van der Waals surface area contributed by atoms with Crippen molar-refractivity contribution in [2.75, 3.05) is 6.61 Å². The molecule has 1 fully saturated rings. The van der Waals surface area contributed by atoms with E-state index in [1.807, 2.05) is 6.33 Å². The average Bonchev–Trinajstić information content (AvgIpc) is 3.44. The van der Waals surface area contributed by atoms with Gasteiger partial charge in [0, 0.05) is 18.7 Å². The summed E-state index contributed by atoms with van der Waals surface area (Å²) >= 11 is 0. The maximum absolute atomic E-state index is 9.50. The molecule has 1 aromatic heterocycles. The summed E-state index contributed by atoms with van der Waals surface area (Å²) in [6.45, 7) is 0.235. The maximum Gasteiger partial charge on any atom is 0.121 e. The molecule has 4 aromatic rings. The Balaban J connectivity index is 1.77. The first-order valence-electron chi connectivity index (χ1n) is 10.2. The third-order valence-electron chi connectivity index (χ3n) is 6.10. The molecule has 0 bridgehead atoms. The van der Waals surface area contributed by atoms with Crippen LogP contribution in [0.5, 0.6) is 0 Å². The van der Waals surface area contributed by atoms with Crippen LogP contribution in [0.1, 0.15) is 34.7 Å². The van der Waals surface area contributed by atoms with Crippen LogP contribution in [0.15, 0.2) is 104 Å². The predicted octanol–water partition coefficient (Wildman–Crippen LogP) is 4.82. The van der Waals surface area contributed by atoms with Crippen LogP contribution in [-0.2, 0) is 5.54 Å².